The smallest absolute Gasteiger partial charge is 0.316 e. The third kappa shape index (κ3) is 3.39. The van der Waals surface area contributed by atoms with E-state index in [1.165, 1.54) is 5.56 Å². The van der Waals surface area contributed by atoms with Crippen LogP contribution < -0.4 is 4.74 Å². The lowest BCUT2D eigenvalue weighted by Crippen LogP contribution is -2.65. The van der Waals surface area contributed by atoms with Gasteiger partial charge in [0.05, 0.1) is 12.2 Å². The fourth-order valence-corrected chi connectivity index (χ4v) is 3.56. The minimum atomic E-state index is -0.0697. The Morgan fingerprint density at radius 2 is 2.08 bits per heavy atom. The second-order valence-corrected chi connectivity index (χ2v) is 6.75. The van der Waals surface area contributed by atoms with Crippen molar-refractivity contribution in [1.82, 2.24) is 19.9 Å². The zero-order valence-corrected chi connectivity index (χ0v) is 13.9. The van der Waals surface area contributed by atoms with Crippen LogP contribution in [0.15, 0.2) is 36.8 Å². The fraction of sp³-hybridized carbons (Fsp3) is 0.500. The molecular weight excluding hydrogens is 304 g/mol. The van der Waals surface area contributed by atoms with Crippen LogP contribution in [-0.4, -0.2) is 51.3 Å². The van der Waals surface area contributed by atoms with Crippen LogP contribution in [0.1, 0.15) is 24.1 Å². The van der Waals surface area contributed by atoms with Gasteiger partial charge in [0.25, 0.3) is 0 Å². The number of aryl methyl sites for hydroxylation is 1. The molecule has 2 aliphatic rings. The molecule has 1 atom stereocenters. The average molecular weight is 326 g/mol. The number of likely N-dealkylation sites (tertiary alicyclic amines) is 1. The van der Waals surface area contributed by atoms with E-state index in [-0.39, 0.29) is 11.7 Å². The molecule has 6 heteroatoms. The molecule has 126 valence electrons. The molecule has 2 fully saturated rings. The third-order valence-corrected chi connectivity index (χ3v) is 4.67. The van der Waals surface area contributed by atoms with Crippen molar-refractivity contribution >= 4 is 0 Å². The van der Waals surface area contributed by atoms with Crippen molar-refractivity contribution in [1.29, 1.82) is 0 Å². The summed E-state index contributed by atoms with van der Waals surface area (Å²) >= 11 is 0. The standard InChI is InChI=1S/C18H22N4O2/c1-14-2-8-20-17(21-14)24-16-5-9-23-18(10-16)12-22(13-18)11-15-3-6-19-7-4-15/h2-4,6-8,16H,5,9-13H2,1H3/t16-/m1/s1. The Kier molecular flexibility index (Phi) is 4.16. The molecule has 0 radical (unpaired) electrons. The number of nitrogens with zero attached hydrogens (tertiary/aromatic N) is 4. The predicted octanol–water partition coefficient (Wildman–Crippen LogP) is 1.99. The maximum absolute atomic E-state index is 6.09. The molecule has 24 heavy (non-hydrogen) atoms. The quantitative estimate of drug-likeness (QED) is 0.856. The largest absolute Gasteiger partial charge is 0.460 e. The average Bonchev–Trinajstić information content (AvgIpc) is 2.55. The van der Waals surface area contributed by atoms with Gasteiger partial charge in [-0.3, -0.25) is 9.88 Å². The molecule has 0 bridgehead atoms. The van der Waals surface area contributed by atoms with Gasteiger partial charge in [-0.25, -0.2) is 9.97 Å². The summed E-state index contributed by atoms with van der Waals surface area (Å²) in [5, 5.41) is 0. The van der Waals surface area contributed by atoms with Gasteiger partial charge in [-0.1, -0.05) is 0 Å². The summed E-state index contributed by atoms with van der Waals surface area (Å²) in [7, 11) is 0. The molecule has 0 amide bonds. The predicted molar refractivity (Wildman–Crippen MR) is 88.6 cm³/mol. The lowest BCUT2D eigenvalue weighted by Gasteiger charge is -2.53. The van der Waals surface area contributed by atoms with E-state index in [0.29, 0.717) is 6.01 Å². The van der Waals surface area contributed by atoms with Gasteiger partial charge in [0.15, 0.2) is 0 Å². The zero-order valence-electron chi connectivity index (χ0n) is 13.9. The van der Waals surface area contributed by atoms with Crippen LogP contribution in [0.25, 0.3) is 0 Å². The number of pyridine rings is 1. The molecule has 4 rings (SSSR count). The second-order valence-electron chi connectivity index (χ2n) is 6.75. The van der Waals surface area contributed by atoms with E-state index in [1.54, 1.807) is 6.20 Å². The van der Waals surface area contributed by atoms with Crippen LogP contribution >= 0.6 is 0 Å². The van der Waals surface area contributed by atoms with Crippen molar-refractivity contribution < 1.29 is 9.47 Å². The van der Waals surface area contributed by atoms with Crippen LogP contribution in [-0.2, 0) is 11.3 Å². The maximum atomic E-state index is 6.09. The molecule has 0 aliphatic carbocycles. The highest BCUT2D eigenvalue weighted by Gasteiger charge is 2.48. The van der Waals surface area contributed by atoms with Crippen LogP contribution in [0.2, 0.25) is 0 Å². The highest BCUT2D eigenvalue weighted by Crippen LogP contribution is 2.36. The van der Waals surface area contributed by atoms with Gasteiger partial charge in [-0.05, 0) is 30.7 Å². The summed E-state index contributed by atoms with van der Waals surface area (Å²) in [5.41, 5.74) is 2.14. The molecule has 2 aromatic heterocycles. The van der Waals surface area contributed by atoms with Gasteiger partial charge in [-0.15, -0.1) is 0 Å². The highest BCUT2D eigenvalue weighted by molar-refractivity contribution is 5.12. The lowest BCUT2D eigenvalue weighted by molar-refractivity contribution is -0.188. The van der Waals surface area contributed by atoms with Crippen molar-refractivity contribution in [2.24, 2.45) is 0 Å². The maximum Gasteiger partial charge on any atom is 0.316 e. The van der Waals surface area contributed by atoms with Crippen LogP contribution in [0, 0.1) is 6.92 Å². The van der Waals surface area contributed by atoms with E-state index in [1.807, 2.05) is 25.4 Å². The van der Waals surface area contributed by atoms with Crippen molar-refractivity contribution in [3.8, 4) is 6.01 Å². The minimum absolute atomic E-state index is 0.0697. The summed E-state index contributed by atoms with van der Waals surface area (Å²) in [6.07, 6.45) is 7.35. The Morgan fingerprint density at radius 1 is 1.25 bits per heavy atom. The molecule has 0 N–H and O–H groups in total. The van der Waals surface area contributed by atoms with Gasteiger partial charge in [-0.2, -0.15) is 0 Å². The number of hydrogen-bond acceptors (Lipinski definition) is 6. The summed E-state index contributed by atoms with van der Waals surface area (Å²) in [6, 6.07) is 6.48. The number of aromatic nitrogens is 3. The Hall–Kier alpha value is -2.05. The molecule has 6 nitrogen and oxygen atoms in total. The van der Waals surface area contributed by atoms with Gasteiger partial charge < -0.3 is 9.47 Å². The minimum Gasteiger partial charge on any atom is -0.460 e. The molecule has 0 unspecified atom stereocenters. The SMILES string of the molecule is Cc1ccnc(O[C@@H]2CCOC3(C2)CN(Cc2ccncc2)C3)n1. The van der Waals surface area contributed by atoms with E-state index in [4.69, 9.17) is 9.47 Å². The first-order chi connectivity index (χ1) is 11.7. The Labute approximate surface area is 141 Å². The van der Waals surface area contributed by atoms with E-state index in [9.17, 15) is 0 Å². The second kappa shape index (κ2) is 6.45. The monoisotopic (exact) mass is 326 g/mol. The Bertz CT molecular complexity index is 688. The first kappa shape index (κ1) is 15.5. The van der Waals surface area contributed by atoms with Gasteiger partial charge >= 0.3 is 6.01 Å². The molecule has 0 aromatic carbocycles. The number of ether oxygens (including phenoxy) is 2. The normalized spacial score (nSPS) is 23.0. The summed E-state index contributed by atoms with van der Waals surface area (Å²) < 4.78 is 12.1. The van der Waals surface area contributed by atoms with Gasteiger partial charge in [0.2, 0.25) is 0 Å². The molecule has 0 saturated carbocycles. The summed E-state index contributed by atoms with van der Waals surface area (Å²) in [4.78, 5) is 15.0. The van der Waals surface area contributed by atoms with Crippen LogP contribution in [0.4, 0.5) is 0 Å². The molecular formula is C18H22N4O2. The fourth-order valence-electron chi connectivity index (χ4n) is 3.56. The molecule has 2 saturated heterocycles. The van der Waals surface area contributed by atoms with E-state index < -0.39 is 0 Å². The third-order valence-electron chi connectivity index (χ3n) is 4.67. The van der Waals surface area contributed by atoms with Crippen molar-refractivity contribution in [3.05, 3.63) is 48.0 Å². The molecule has 2 aromatic rings. The van der Waals surface area contributed by atoms with Crippen molar-refractivity contribution in [2.75, 3.05) is 19.7 Å². The Morgan fingerprint density at radius 3 is 2.88 bits per heavy atom. The van der Waals surface area contributed by atoms with E-state index in [0.717, 1.165) is 44.8 Å². The molecule has 2 aliphatic heterocycles. The summed E-state index contributed by atoms with van der Waals surface area (Å²) in [5.74, 6) is 0. The van der Waals surface area contributed by atoms with E-state index in [2.05, 4.69) is 32.0 Å². The van der Waals surface area contributed by atoms with E-state index >= 15 is 0 Å². The number of rotatable bonds is 4. The molecule has 1 spiro atoms. The molecule has 4 heterocycles. The van der Waals surface area contributed by atoms with Crippen molar-refractivity contribution in [2.45, 2.75) is 38.0 Å². The van der Waals surface area contributed by atoms with Crippen molar-refractivity contribution in [3.63, 3.8) is 0 Å². The topological polar surface area (TPSA) is 60.4 Å². The zero-order chi connectivity index (χ0) is 16.4. The first-order valence-electron chi connectivity index (χ1n) is 8.42. The van der Waals surface area contributed by atoms with Crippen LogP contribution in [0.5, 0.6) is 6.01 Å². The van der Waals surface area contributed by atoms with Gasteiger partial charge in [0.1, 0.15) is 6.10 Å². The van der Waals surface area contributed by atoms with Gasteiger partial charge in [0, 0.05) is 56.8 Å². The summed E-state index contributed by atoms with van der Waals surface area (Å²) in [6.45, 7) is 5.52. The number of hydrogen-bond donors (Lipinski definition) is 0. The van der Waals surface area contributed by atoms with Crippen LogP contribution in [0.3, 0.4) is 0 Å². The highest BCUT2D eigenvalue weighted by atomic mass is 16.5. The lowest BCUT2D eigenvalue weighted by atomic mass is 9.84. The first-order valence-corrected chi connectivity index (χ1v) is 8.42. The Balaban J connectivity index is 1.33.